The molecule has 17 heavy (non-hydrogen) atoms. The molecule has 1 aromatic heterocycles. The Kier molecular flexibility index (Phi) is 4.29. The third-order valence-electron chi connectivity index (χ3n) is 2.42. The number of carboxylic acid groups (broad SMARTS) is 1. The SMILES string of the molecule is CCN(CC)S(=O)(=O)c1c(C)csc1C(=O)O. The van der Waals surface area contributed by atoms with E-state index >= 15 is 0 Å². The van der Waals surface area contributed by atoms with Gasteiger partial charge in [0.25, 0.3) is 0 Å². The number of thiophene rings is 1. The summed E-state index contributed by atoms with van der Waals surface area (Å²) in [6.45, 7) is 5.71. The lowest BCUT2D eigenvalue weighted by Gasteiger charge is -2.18. The summed E-state index contributed by atoms with van der Waals surface area (Å²) in [5.41, 5.74) is 0.485. The molecule has 1 heterocycles. The van der Waals surface area contributed by atoms with Crippen LogP contribution in [-0.4, -0.2) is 36.9 Å². The summed E-state index contributed by atoms with van der Waals surface area (Å²) in [7, 11) is -3.70. The van der Waals surface area contributed by atoms with Crippen LogP contribution in [-0.2, 0) is 10.0 Å². The zero-order chi connectivity index (χ0) is 13.2. The first kappa shape index (κ1) is 14.1. The topological polar surface area (TPSA) is 74.7 Å². The van der Waals surface area contributed by atoms with Crippen LogP contribution in [0, 0.1) is 6.92 Å². The number of nitrogens with zero attached hydrogens (tertiary/aromatic N) is 1. The standard InChI is InChI=1S/C10H15NO4S2/c1-4-11(5-2)17(14,15)9-7(3)6-16-8(9)10(12)13/h6H,4-5H2,1-3H3,(H,12,13). The molecule has 0 bridgehead atoms. The number of aryl methyl sites for hydroxylation is 1. The maximum absolute atomic E-state index is 12.3. The predicted octanol–water partition coefficient (Wildman–Crippen LogP) is 1.79. The Hall–Kier alpha value is -0.920. The molecule has 0 aliphatic carbocycles. The zero-order valence-corrected chi connectivity index (χ0v) is 11.6. The minimum atomic E-state index is -3.70. The van der Waals surface area contributed by atoms with Crippen molar-refractivity contribution >= 4 is 27.3 Å². The molecule has 0 unspecified atom stereocenters. The lowest BCUT2D eigenvalue weighted by atomic mass is 10.3. The molecule has 0 saturated carbocycles. The minimum Gasteiger partial charge on any atom is -0.477 e. The first-order valence-corrected chi connectivity index (χ1v) is 7.49. The van der Waals surface area contributed by atoms with Crippen LogP contribution in [0.1, 0.15) is 29.1 Å². The molecular formula is C10H15NO4S2. The van der Waals surface area contributed by atoms with Gasteiger partial charge >= 0.3 is 5.97 Å². The van der Waals surface area contributed by atoms with E-state index in [-0.39, 0.29) is 9.77 Å². The monoisotopic (exact) mass is 277 g/mol. The number of carboxylic acids is 1. The van der Waals surface area contributed by atoms with Gasteiger partial charge in [0.05, 0.1) is 0 Å². The summed E-state index contributed by atoms with van der Waals surface area (Å²) in [6, 6.07) is 0. The van der Waals surface area contributed by atoms with E-state index in [9.17, 15) is 13.2 Å². The molecule has 0 aliphatic rings. The highest BCUT2D eigenvalue weighted by atomic mass is 32.2. The van der Waals surface area contributed by atoms with Crippen molar-refractivity contribution in [3.8, 4) is 0 Å². The van der Waals surface area contributed by atoms with E-state index in [1.54, 1.807) is 26.2 Å². The first-order chi connectivity index (χ1) is 7.86. The van der Waals surface area contributed by atoms with Gasteiger partial charge in [-0.25, -0.2) is 13.2 Å². The summed E-state index contributed by atoms with van der Waals surface area (Å²) >= 11 is 0.944. The summed E-state index contributed by atoms with van der Waals surface area (Å²) in [4.78, 5) is 10.8. The summed E-state index contributed by atoms with van der Waals surface area (Å²) < 4.78 is 25.8. The van der Waals surface area contributed by atoms with Crippen LogP contribution in [0.2, 0.25) is 0 Å². The third-order valence-corrected chi connectivity index (χ3v) is 5.87. The second kappa shape index (κ2) is 5.16. The van der Waals surface area contributed by atoms with Crippen LogP contribution < -0.4 is 0 Å². The molecule has 1 aromatic rings. The molecule has 0 amide bonds. The highest BCUT2D eigenvalue weighted by molar-refractivity contribution is 7.89. The predicted molar refractivity (Wildman–Crippen MR) is 66.1 cm³/mol. The number of carbonyl (C=O) groups is 1. The quantitative estimate of drug-likeness (QED) is 0.890. The molecule has 7 heteroatoms. The van der Waals surface area contributed by atoms with Gasteiger partial charge in [-0.15, -0.1) is 11.3 Å². The fraction of sp³-hybridized carbons (Fsp3) is 0.500. The van der Waals surface area contributed by atoms with Crippen LogP contribution in [0.25, 0.3) is 0 Å². The van der Waals surface area contributed by atoms with Crippen LogP contribution in [0.15, 0.2) is 10.3 Å². The maximum Gasteiger partial charge on any atom is 0.347 e. The van der Waals surface area contributed by atoms with Gasteiger partial charge in [-0.3, -0.25) is 0 Å². The van der Waals surface area contributed by atoms with Crippen molar-refractivity contribution in [1.29, 1.82) is 0 Å². The van der Waals surface area contributed by atoms with E-state index < -0.39 is 16.0 Å². The fourth-order valence-electron chi connectivity index (χ4n) is 1.59. The number of aromatic carboxylic acids is 1. The van der Waals surface area contributed by atoms with Gasteiger partial charge in [0.15, 0.2) is 0 Å². The lowest BCUT2D eigenvalue weighted by molar-refractivity contribution is 0.0698. The summed E-state index contributed by atoms with van der Waals surface area (Å²) in [5.74, 6) is -1.20. The smallest absolute Gasteiger partial charge is 0.347 e. The van der Waals surface area contributed by atoms with Crippen LogP contribution >= 0.6 is 11.3 Å². The fourth-order valence-corrected chi connectivity index (χ4v) is 4.64. The molecule has 0 aromatic carbocycles. The van der Waals surface area contributed by atoms with Crippen molar-refractivity contribution in [2.24, 2.45) is 0 Å². The van der Waals surface area contributed by atoms with E-state index in [2.05, 4.69) is 0 Å². The second-order valence-corrected chi connectivity index (χ2v) is 6.23. The molecule has 1 rings (SSSR count). The van der Waals surface area contributed by atoms with Gasteiger partial charge in [0.1, 0.15) is 9.77 Å². The molecule has 0 aliphatic heterocycles. The Morgan fingerprint density at radius 3 is 2.35 bits per heavy atom. The van der Waals surface area contributed by atoms with Crippen LogP contribution in [0.3, 0.4) is 0 Å². The van der Waals surface area contributed by atoms with E-state index in [4.69, 9.17) is 5.11 Å². The zero-order valence-electron chi connectivity index (χ0n) is 9.93. The molecular weight excluding hydrogens is 262 g/mol. The highest BCUT2D eigenvalue weighted by Gasteiger charge is 2.30. The van der Waals surface area contributed by atoms with Gasteiger partial charge in [0.2, 0.25) is 10.0 Å². The molecule has 0 atom stereocenters. The molecule has 0 fully saturated rings. The van der Waals surface area contributed by atoms with Crippen molar-refractivity contribution in [2.75, 3.05) is 13.1 Å². The first-order valence-electron chi connectivity index (χ1n) is 5.17. The summed E-state index contributed by atoms with van der Waals surface area (Å²) in [5, 5.41) is 10.6. The highest BCUT2D eigenvalue weighted by Crippen LogP contribution is 2.29. The van der Waals surface area contributed by atoms with Crippen molar-refractivity contribution in [2.45, 2.75) is 25.7 Å². The van der Waals surface area contributed by atoms with E-state index in [1.165, 1.54) is 4.31 Å². The number of hydrogen-bond donors (Lipinski definition) is 1. The van der Waals surface area contributed by atoms with Gasteiger partial charge in [-0.1, -0.05) is 13.8 Å². The van der Waals surface area contributed by atoms with Gasteiger partial charge in [-0.05, 0) is 17.9 Å². The molecule has 1 N–H and O–H groups in total. The maximum atomic E-state index is 12.3. The second-order valence-electron chi connectivity index (χ2n) is 3.47. The largest absolute Gasteiger partial charge is 0.477 e. The number of sulfonamides is 1. The normalized spacial score (nSPS) is 12.0. The Morgan fingerprint density at radius 1 is 1.41 bits per heavy atom. The van der Waals surface area contributed by atoms with Crippen molar-refractivity contribution in [1.82, 2.24) is 4.31 Å². The van der Waals surface area contributed by atoms with Crippen LogP contribution in [0.4, 0.5) is 0 Å². The number of hydrogen-bond acceptors (Lipinski definition) is 4. The van der Waals surface area contributed by atoms with E-state index in [0.29, 0.717) is 18.7 Å². The average Bonchev–Trinajstić information content (AvgIpc) is 2.62. The van der Waals surface area contributed by atoms with Gasteiger partial charge in [0, 0.05) is 13.1 Å². The Bertz CT molecular complexity index is 514. The van der Waals surface area contributed by atoms with Gasteiger partial charge < -0.3 is 5.11 Å². The Morgan fingerprint density at radius 2 is 1.94 bits per heavy atom. The third kappa shape index (κ3) is 2.51. The molecule has 0 saturated heterocycles. The Balaban J connectivity index is 3.42. The molecule has 0 radical (unpaired) electrons. The van der Waals surface area contributed by atoms with Crippen molar-refractivity contribution < 1.29 is 18.3 Å². The molecule has 0 spiro atoms. The number of rotatable bonds is 5. The van der Waals surface area contributed by atoms with Crippen molar-refractivity contribution in [3.63, 3.8) is 0 Å². The van der Waals surface area contributed by atoms with Crippen molar-refractivity contribution in [3.05, 3.63) is 15.8 Å². The average molecular weight is 277 g/mol. The minimum absolute atomic E-state index is 0.0706. The van der Waals surface area contributed by atoms with Crippen LogP contribution in [0.5, 0.6) is 0 Å². The van der Waals surface area contributed by atoms with E-state index in [0.717, 1.165) is 11.3 Å². The molecule has 96 valence electrons. The summed E-state index contributed by atoms with van der Waals surface area (Å²) in [6.07, 6.45) is 0. The Labute approximate surface area is 105 Å². The van der Waals surface area contributed by atoms with Gasteiger partial charge in [-0.2, -0.15) is 4.31 Å². The molecule has 5 nitrogen and oxygen atoms in total. The van der Waals surface area contributed by atoms with E-state index in [1.807, 2.05) is 0 Å². The lowest BCUT2D eigenvalue weighted by Crippen LogP contribution is -2.31.